The zero-order valence-electron chi connectivity index (χ0n) is 41.8. The van der Waals surface area contributed by atoms with Crippen molar-refractivity contribution in [3.8, 4) is 0 Å². The highest BCUT2D eigenvalue weighted by Crippen LogP contribution is 2.76. The summed E-state index contributed by atoms with van der Waals surface area (Å²) in [5.41, 5.74) is -0.715. The molecule has 0 aromatic carbocycles. The molecule has 394 valence electrons. The number of aliphatic hydroxyl groups is 9. The molecule has 18 heteroatoms. The maximum atomic E-state index is 14.7. The van der Waals surface area contributed by atoms with Crippen molar-refractivity contribution in [1.29, 1.82) is 0 Å². The van der Waals surface area contributed by atoms with Gasteiger partial charge in [-0.05, 0) is 115 Å². The zero-order valence-corrected chi connectivity index (χ0v) is 41.8. The molecule has 3 saturated heterocycles. The van der Waals surface area contributed by atoms with Crippen molar-refractivity contribution >= 4 is 11.9 Å². The highest BCUT2D eigenvalue weighted by atomic mass is 16.7. The van der Waals surface area contributed by atoms with Gasteiger partial charge >= 0.3 is 11.9 Å². The van der Waals surface area contributed by atoms with Gasteiger partial charge in [0.15, 0.2) is 18.7 Å². The van der Waals surface area contributed by atoms with Crippen molar-refractivity contribution in [2.45, 2.75) is 225 Å². The molecule has 8 rings (SSSR count). The van der Waals surface area contributed by atoms with E-state index in [-0.39, 0.29) is 52.6 Å². The SMILES string of the molecule is CCCCOC(=O)[C@H]1O[C@@H](O[C@H]2CC[C@@]3(C)[C@H](CC[C@]4(C)[C@@H]3CC=C3[C@H]5CC(C)(C)CC[C@]5(C(=O)O[C@@H]5O[C@H](CO)[C@@H](O)[C@H](O)[C@H]5O)CC[C@]34C)C2(C)C)[C@H](O)[C@@H](O)[C@@H]1O[C@H]1OC[C@H](O)[C@H](O)[C@H]1O. The van der Waals surface area contributed by atoms with Crippen LogP contribution in [0.2, 0.25) is 0 Å². The molecule has 0 amide bonds. The molecule has 0 spiro atoms. The van der Waals surface area contributed by atoms with Crippen LogP contribution in [-0.4, -0.2) is 170 Å². The maximum Gasteiger partial charge on any atom is 0.338 e. The largest absolute Gasteiger partial charge is 0.464 e. The summed E-state index contributed by atoms with van der Waals surface area (Å²) in [6.45, 7) is 17.1. The molecular weight excluding hydrogens is 901 g/mol. The van der Waals surface area contributed by atoms with Gasteiger partial charge in [0.2, 0.25) is 6.29 Å². The van der Waals surface area contributed by atoms with E-state index < -0.39 is 121 Å². The van der Waals surface area contributed by atoms with Gasteiger partial charge in [-0.1, -0.05) is 73.5 Å². The van der Waals surface area contributed by atoms with Gasteiger partial charge in [-0.3, -0.25) is 4.79 Å². The van der Waals surface area contributed by atoms with Crippen molar-refractivity contribution in [2.24, 2.45) is 50.2 Å². The Kier molecular flexibility index (Phi) is 15.0. The lowest BCUT2D eigenvalue weighted by atomic mass is 9.33. The smallest absolute Gasteiger partial charge is 0.338 e. The normalized spacial score (nSPS) is 50.3. The van der Waals surface area contributed by atoms with Crippen LogP contribution in [0.1, 0.15) is 132 Å². The van der Waals surface area contributed by atoms with E-state index in [4.69, 9.17) is 33.2 Å². The maximum absolute atomic E-state index is 14.7. The van der Waals surface area contributed by atoms with Gasteiger partial charge in [0.1, 0.15) is 61.0 Å². The number of unbranched alkanes of at least 4 members (excludes halogenated alkanes) is 1. The van der Waals surface area contributed by atoms with Crippen LogP contribution in [-0.2, 0) is 42.7 Å². The minimum Gasteiger partial charge on any atom is -0.464 e. The van der Waals surface area contributed by atoms with Crippen LogP contribution in [0.3, 0.4) is 0 Å². The van der Waals surface area contributed by atoms with E-state index in [9.17, 15) is 55.5 Å². The Morgan fingerprint density at radius 2 is 1.41 bits per heavy atom. The first-order chi connectivity index (χ1) is 32.3. The van der Waals surface area contributed by atoms with Crippen molar-refractivity contribution in [1.82, 2.24) is 0 Å². The molecule has 0 unspecified atom stereocenters. The van der Waals surface area contributed by atoms with Crippen molar-refractivity contribution in [3.05, 3.63) is 11.6 Å². The number of hydrogen-bond acceptors (Lipinski definition) is 18. The van der Waals surface area contributed by atoms with Crippen LogP contribution < -0.4 is 0 Å². The summed E-state index contributed by atoms with van der Waals surface area (Å²) in [7, 11) is 0. The number of allylic oxidation sites excluding steroid dienone is 2. The van der Waals surface area contributed by atoms with E-state index in [1.165, 1.54) is 5.57 Å². The fraction of sp³-hybridized carbons (Fsp3) is 0.922. The molecule has 3 heterocycles. The molecule has 9 N–H and O–H groups in total. The standard InChI is InChI=1S/C51H82O18/c1-9-10-21-63-41(61)40-39(67-42-36(58)32(54)27(53)24-64-42)35(57)38(60)44(68-40)66-31-14-15-48(6)29(47(31,4)5)13-16-50(8)30(48)12-11-25-26-22-46(2,3)17-19-51(26,20-18-49(25,50)7)45(62)69-43-37(59)34(56)33(55)28(23-52)65-43/h11,26-40,42-44,52-60H,9-10,12-24H2,1-8H3/t26-,27+,28-,29-,30-,31+,32+,33-,34+,35-,36-,37-,38-,39+,40+,42-,43+,44-,48+,49-,50-,51+/m1/s1. The van der Waals surface area contributed by atoms with E-state index in [1.54, 1.807) is 0 Å². The summed E-state index contributed by atoms with van der Waals surface area (Å²) >= 11 is 0. The fourth-order valence-corrected chi connectivity index (χ4v) is 15.1. The first-order valence-electron chi connectivity index (χ1n) is 25.7. The van der Waals surface area contributed by atoms with E-state index >= 15 is 0 Å². The lowest BCUT2D eigenvalue weighted by Crippen LogP contribution is -2.67. The highest BCUT2D eigenvalue weighted by molar-refractivity contribution is 5.79. The minimum absolute atomic E-state index is 0.0597. The molecule has 7 fully saturated rings. The van der Waals surface area contributed by atoms with Crippen LogP contribution in [0, 0.1) is 50.2 Å². The van der Waals surface area contributed by atoms with Crippen LogP contribution in [0.25, 0.3) is 0 Å². The predicted molar refractivity (Wildman–Crippen MR) is 243 cm³/mol. The summed E-state index contributed by atoms with van der Waals surface area (Å²) in [6, 6.07) is 0. The number of ether oxygens (including phenoxy) is 7. The van der Waals surface area contributed by atoms with Crippen molar-refractivity contribution < 1.29 is 88.7 Å². The number of carbonyl (C=O) groups excluding carboxylic acids is 2. The molecule has 0 radical (unpaired) electrons. The number of esters is 2. The van der Waals surface area contributed by atoms with Gasteiger partial charge in [-0.15, -0.1) is 0 Å². The molecule has 8 aliphatic rings. The molecule has 69 heavy (non-hydrogen) atoms. The third-order valence-electron chi connectivity index (χ3n) is 19.6. The molecule has 0 bridgehead atoms. The Balaban J connectivity index is 1.02. The molecule has 0 aromatic rings. The Labute approximate surface area is 406 Å². The van der Waals surface area contributed by atoms with Crippen LogP contribution in [0.15, 0.2) is 11.6 Å². The fourth-order valence-electron chi connectivity index (χ4n) is 15.1. The second-order valence-electron chi connectivity index (χ2n) is 24.2. The van der Waals surface area contributed by atoms with Gasteiger partial charge in [0, 0.05) is 0 Å². The van der Waals surface area contributed by atoms with E-state index in [0.29, 0.717) is 25.7 Å². The predicted octanol–water partition coefficient (Wildman–Crippen LogP) is 2.13. The number of aliphatic hydroxyl groups excluding tert-OH is 9. The van der Waals surface area contributed by atoms with Gasteiger partial charge in [0.25, 0.3) is 0 Å². The number of carbonyl (C=O) groups is 2. The molecule has 18 nitrogen and oxygen atoms in total. The van der Waals surface area contributed by atoms with Gasteiger partial charge in [0.05, 0.1) is 31.3 Å². The first-order valence-corrected chi connectivity index (χ1v) is 25.7. The number of fused-ring (bicyclic) bond motifs is 7. The average molecular weight is 983 g/mol. The lowest BCUT2D eigenvalue weighted by molar-refractivity contribution is -0.355. The van der Waals surface area contributed by atoms with Crippen molar-refractivity contribution in [3.63, 3.8) is 0 Å². The van der Waals surface area contributed by atoms with Crippen LogP contribution in [0.4, 0.5) is 0 Å². The summed E-state index contributed by atoms with van der Waals surface area (Å²) in [4.78, 5) is 28.3. The molecule has 3 aliphatic heterocycles. The third kappa shape index (κ3) is 8.86. The van der Waals surface area contributed by atoms with Crippen molar-refractivity contribution in [2.75, 3.05) is 19.8 Å². The van der Waals surface area contributed by atoms with Gasteiger partial charge in [-0.25, -0.2) is 4.79 Å². The number of hydrogen-bond donors (Lipinski definition) is 9. The Bertz CT molecular complexity index is 1890. The lowest BCUT2D eigenvalue weighted by Gasteiger charge is -2.71. The summed E-state index contributed by atoms with van der Waals surface area (Å²) in [5, 5.41) is 95.8. The summed E-state index contributed by atoms with van der Waals surface area (Å²) in [6.07, 6.45) is -11.3. The quantitative estimate of drug-likeness (QED) is 0.0621. The Morgan fingerprint density at radius 1 is 0.725 bits per heavy atom. The van der Waals surface area contributed by atoms with E-state index in [2.05, 4.69) is 54.5 Å². The average Bonchev–Trinajstić information content (AvgIpc) is 3.29. The Hall–Kier alpha value is -1.88. The molecule has 4 saturated carbocycles. The van der Waals surface area contributed by atoms with E-state index in [0.717, 1.165) is 51.4 Å². The second-order valence-corrected chi connectivity index (χ2v) is 24.2. The van der Waals surface area contributed by atoms with Gasteiger partial charge in [-0.2, -0.15) is 0 Å². The highest BCUT2D eigenvalue weighted by Gasteiger charge is 2.70. The minimum atomic E-state index is -1.76. The molecule has 0 aromatic heterocycles. The van der Waals surface area contributed by atoms with Gasteiger partial charge < -0.3 is 79.1 Å². The Morgan fingerprint density at radius 3 is 2.10 bits per heavy atom. The molecular formula is C51H82O18. The van der Waals surface area contributed by atoms with Crippen LogP contribution in [0.5, 0.6) is 0 Å². The van der Waals surface area contributed by atoms with E-state index in [1.807, 2.05) is 6.92 Å². The first kappa shape index (κ1) is 53.4. The summed E-state index contributed by atoms with van der Waals surface area (Å²) in [5.74, 6) is -1.07. The monoisotopic (exact) mass is 983 g/mol. The third-order valence-corrected chi connectivity index (χ3v) is 19.6. The van der Waals surface area contributed by atoms with Crippen LogP contribution >= 0.6 is 0 Å². The zero-order chi connectivity index (χ0) is 50.4. The summed E-state index contributed by atoms with van der Waals surface area (Å²) < 4.78 is 41.4. The topological polar surface area (TPSA) is 281 Å². The molecule has 22 atom stereocenters. The second kappa shape index (κ2) is 19.4. The molecule has 5 aliphatic carbocycles. The number of rotatable bonds is 11.